The van der Waals surface area contributed by atoms with Crippen LogP contribution in [0.4, 0.5) is 0 Å². The van der Waals surface area contributed by atoms with Crippen LogP contribution in [-0.2, 0) is 19.2 Å². The maximum atomic E-state index is 12.3. The molecule has 0 aromatic heterocycles. The molecule has 3 heterocycles. The van der Waals surface area contributed by atoms with Crippen molar-refractivity contribution in [1.82, 2.24) is 5.23 Å². The lowest BCUT2D eigenvalue weighted by molar-refractivity contribution is -0.428. The minimum atomic E-state index is -0.559. The molecule has 7 nitrogen and oxygen atoms in total. The Morgan fingerprint density at radius 1 is 1.17 bits per heavy atom. The number of hydrogen-bond donors (Lipinski definition) is 0. The molecule has 2 unspecified atom stereocenters. The third kappa shape index (κ3) is 2.65. The molecule has 7 heteroatoms. The zero-order chi connectivity index (χ0) is 20.3. The van der Waals surface area contributed by atoms with Crippen molar-refractivity contribution < 1.29 is 28.7 Å². The summed E-state index contributed by atoms with van der Waals surface area (Å²) in [6.07, 6.45) is 10.4. The van der Waals surface area contributed by atoms with Crippen molar-refractivity contribution in [2.24, 2.45) is 17.3 Å². The number of hydroxylamine groups is 2. The van der Waals surface area contributed by atoms with Gasteiger partial charge in [0.2, 0.25) is 6.79 Å². The molecule has 2 saturated heterocycles. The summed E-state index contributed by atoms with van der Waals surface area (Å²) in [6, 6.07) is 6.11. The summed E-state index contributed by atoms with van der Waals surface area (Å²) >= 11 is 0. The van der Waals surface area contributed by atoms with E-state index in [1.54, 1.807) is 5.23 Å². The summed E-state index contributed by atoms with van der Waals surface area (Å²) in [5, 5.41) is 1.65. The third-order valence-corrected chi connectivity index (χ3v) is 7.87. The molecule has 2 saturated carbocycles. The van der Waals surface area contributed by atoms with E-state index in [2.05, 4.69) is 12.2 Å². The van der Waals surface area contributed by atoms with Crippen LogP contribution in [0.25, 0.3) is 6.08 Å². The third-order valence-electron chi connectivity index (χ3n) is 7.87. The molecule has 0 spiro atoms. The van der Waals surface area contributed by atoms with Gasteiger partial charge in [-0.15, -0.1) is 0 Å². The summed E-state index contributed by atoms with van der Waals surface area (Å²) < 4.78 is 15.9. The van der Waals surface area contributed by atoms with Crippen molar-refractivity contribution in [2.45, 2.75) is 56.8 Å². The summed E-state index contributed by atoms with van der Waals surface area (Å²) in [5.41, 5.74) is 1.16. The van der Waals surface area contributed by atoms with Crippen LogP contribution in [0.3, 0.4) is 0 Å². The van der Waals surface area contributed by atoms with E-state index in [4.69, 9.17) is 23.9 Å². The van der Waals surface area contributed by atoms with Crippen molar-refractivity contribution in [3.05, 3.63) is 29.8 Å². The Hall–Kier alpha value is -2.09. The Kier molecular flexibility index (Phi) is 4.34. The van der Waals surface area contributed by atoms with Gasteiger partial charge in [0.05, 0.1) is 13.2 Å². The van der Waals surface area contributed by atoms with Gasteiger partial charge in [0.1, 0.15) is 6.10 Å². The monoisotopic (exact) mass is 413 g/mol. The minimum absolute atomic E-state index is 0.0816. The number of benzene rings is 1. The largest absolute Gasteiger partial charge is 0.467 e. The number of rotatable bonds is 3. The van der Waals surface area contributed by atoms with Gasteiger partial charge >= 0.3 is 5.97 Å². The number of fused-ring (bicyclic) bond motifs is 1. The van der Waals surface area contributed by atoms with Crippen molar-refractivity contribution >= 4 is 12.0 Å². The van der Waals surface area contributed by atoms with Gasteiger partial charge in [-0.3, -0.25) is 9.68 Å². The van der Waals surface area contributed by atoms with Gasteiger partial charge in [-0.05, 0) is 49.3 Å². The number of carbonyl (C=O) groups excluding carboxylic acids is 1. The van der Waals surface area contributed by atoms with E-state index in [0.29, 0.717) is 5.92 Å². The average Bonchev–Trinajstić information content (AvgIpc) is 3.41. The van der Waals surface area contributed by atoms with Gasteiger partial charge in [-0.2, -0.15) is 0 Å². The number of esters is 1. The minimum Gasteiger partial charge on any atom is -0.467 e. The van der Waals surface area contributed by atoms with Gasteiger partial charge in [0.15, 0.2) is 17.6 Å². The smallest absolute Gasteiger partial charge is 0.337 e. The quantitative estimate of drug-likeness (QED) is 0.703. The highest BCUT2D eigenvalue weighted by molar-refractivity contribution is 5.75. The molecule has 3 aliphatic heterocycles. The van der Waals surface area contributed by atoms with Gasteiger partial charge in [0, 0.05) is 11.3 Å². The van der Waals surface area contributed by atoms with E-state index in [-0.39, 0.29) is 36.2 Å². The summed E-state index contributed by atoms with van der Waals surface area (Å²) in [7, 11) is 1.43. The zero-order valence-corrected chi connectivity index (χ0v) is 17.1. The summed E-state index contributed by atoms with van der Waals surface area (Å²) in [5.74, 6) is 1.88. The predicted octanol–water partition coefficient (Wildman–Crippen LogP) is 3.49. The number of hydrogen-bond acceptors (Lipinski definition) is 7. The normalized spacial score (nSPS) is 39.2. The first-order valence-corrected chi connectivity index (χ1v) is 11.0. The van der Waals surface area contributed by atoms with Crippen molar-refractivity contribution in [2.75, 3.05) is 13.9 Å². The second-order valence-corrected chi connectivity index (χ2v) is 9.11. The molecule has 6 atom stereocenters. The van der Waals surface area contributed by atoms with Crippen LogP contribution in [0.15, 0.2) is 24.3 Å². The molecule has 0 N–H and O–H groups in total. The standard InChI is InChI=1S/C23H27NO6/c1-26-22(25)21-15-9-11-23-10-3-2-4-16(23)20(15)24(30-21)29-19(23)8-6-14-5-7-17-18(12-14)28-13-27-17/h5-8,12,15-16,19-21H,2-4,9-11,13H2,1H3/b8-6+/t15-,16?,19?,20-,21-,23+/m0/s1. The summed E-state index contributed by atoms with van der Waals surface area (Å²) in [4.78, 5) is 24.7. The highest BCUT2D eigenvalue weighted by Crippen LogP contribution is 2.61. The van der Waals surface area contributed by atoms with Crippen LogP contribution in [0.5, 0.6) is 11.5 Å². The molecular formula is C23H27NO6. The molecule has 4 fully saturated rings. The SMILES string of the molecule is COC(=O)[C@H]1ON2OC(/C=C/c3ccc4c(c3)OCO4)[C@@]34CCCCC3[C@@H]2[C@@H]1CC4. The first-order chi connectivity index (χ1) is 14.7. The van der Waals surface area contributed by atoms with E-state index in [1.807, 2.05) is 18.2 Å². The van der Waals surface area contributed by atoms with Crippen molar-refractivity contribution in [3.8, 4) is 11.5 Å². The van der Waals surface area contributed by atoms with Crippen LogP contribution < -0.4 is 9.47 Å². The lowest BCUT2D eigenvalue weighted by Gasteiger charge is -2.59. The first kappa shape index (κ1) is 18.7. The second kappa shape index (κ2) is 6.97. The predicted molar refractivity (Wildman–Crippen MR) is 106 cm³/mol. The average molecular weight is 413 g/mol. The lowest BCUT2D eigenvalue weighted by Crippen LogP contribution is -2.62. The molecule has 6 rings (SSSR count). The Labute approximate surface area is 175 Å². The van der Waals surface area contributed by atoms with Crippen LogP contribution in [0, 0.1) is 17.3 Å². The van der Waals surface area contributed by atoms with E-state index < -0.39 is 6.10 Å². The number of methoxy groups -OCH3 is 1. The maximum absolute atomic E-state index is 12.3. The Morgan fingerprint density at radius 3 is 2.97 bits per heavy atom. The highest BCUT2D eigenvalue weighted by atomic mass is 17.0. The molecule has 1 aromatic rings. The van der Waals surface area contributed by atoms with Gasteiger partial charge in [-0.25, -0.2) is 4.79 Å². The Bertz CT molecular complexity index is 886. The maximum Gasteiger partial charge on any atom is 0.337 e. The number of ether oxygens (including phenoxy) is 3. The van der Waals surface area contributed by atoms with E-state index in [9.17, 15) is 4.79 Å². The molecule has 2 bridgehead atoms. The molecule has 0 radical (unpaired) electrons. The lowest BCUT2D eigenvalue weighted by atomic mass is 9.52. The first-order valence-electron chi connectivity index (χ1n) is 11.0. The van der Waals surface area contributed by atoms with Crippen molar-refractivity contribution in [3.63, 3.8) is 0 Å². The van der Waals surface area contributed by atoms with E-state index >= 15 is 0 Å². The molecule has 5 aliphatic rings. The molecule has 160 valence electrons. The molecule has 1 aromatic carbocycles. The van der Waals surface area contributed by atoms with E-state index in [0.717, 1.165) is 42.7 Å². The van der Waals surface area contributed by atoms with Gasteiger partial charge in [0.25, 0.3) is 0 Å². The van der Waals surface area contributed by atoms with Crippen LogP contribution >= 0.6 is 0 Å². The van der Waals surface area contributed by atoms with Crippen LogP contribution in [-0.4, -0.2) is 43.3 Å². The number of nitrogens with zero attached hydrogens (tertiary/aromatic N) is 1. The fourth-order valence-electron chi connectivity index (χ4n) is 6.49. The van der Waals surface area contributed by atoms with Crippen LogP contribution in [0.1, 0.15) is 44.1 Å². The molecule has 30 heavy (non-hydrogen) atoms. The zero-order valence-electron chi connectivity index (χ0n) is 17.1. The molecular weight excluding hydrogens is 386 g/mol. The number of carbonyl (C=O) groups is 1. The van der Waals surface area contributed by atoms with Gasteiger partial charge in [-0.1, -0.05) is 36.3 Å². The summed E-state index contributed by atoms with van der Waals surface area (Å²) in [6.45, 7) is 0.273. The Morgan fingerprint density at radius 2 is 2.07 bits per heavy atom. The second-order valence-electron chi connectivity index (χ2n) is 9.11. The fraction of sp³-hybridized carbons (Fsp3) is 0.609. The topological polar surface area (TPSA) is 66.5 Å². The molecule has 2 aliphatic carbocycles. The Balaban J connectivity index is 1.31. The fourth-order valence-corrected chi connectivity index (χ4v) is 6.49. The highest BCUT2D eigenvalue weighted by Gasteiger charge is 2.65. The molecule has 0 amide bonds. The van der Waals surface area contributed by atoms with Crippen LogP contribution in [0.2, 0.25) is 0 Å². The van der Waals surface area contributed by atoms with E-state index in [1.165, 1.54) is 20.0 Å². The van der Waals surface area contributed by atoms with Gasteiger partial charge < -0.3 is 14.2 Å². The van der Waals surface area contributed by atoms with Crippen molar-refractivity contribution in [1.29, 1.82) is 0 Å².